The number of hydrogen-bond acceptors (Lipinski definition) is 3. The molecular formula is C13H17NO4. The van der Waals surface area contributed by atoms with E-state index < -0.39 is 5.97 Å². The van der Waals surface area contributed by atoms with Gasteiger partial charge in [-0.2, -0.15) is 0 Å². The Labute approximate surface area is 105 Å². The van der Waals surface area contributed by atoms with Crippen molar-refractivity contribution in [2.75, 3.05) is 0 Å². The van der Waals surface area contributed by atoms with Crippen LogP contribution in [0.1, 0.15) is 37.2 Å². The van der Waals surface area contributed by atoms with E-state index in [1.807, 2.05) is 19.1 Å². The Kier molecular flexibility index (Phi) is 3.69. The third-order valence-electron chi connectivity index (χ3n) is 2.98. The first-order valence-electron chi connectivity index (χ1n) is 6.13. The van der Waals surface area contributed by atoms with Crippen molar-refractivity contribution < 1.29 is 19.1 Å². The molecule has 0 aliphatic heterocycles. The molecule has 0 bridgehead atoms. The van der Waals surface area contributed by atoms with Crippen LogP contribution in [0.25, 0.3) is 0 Å². The molecule has 1 fully saturated rings. The number of furan rings is 1. The van der Waals surface area contributed by atoms with Crippen LogP contribution >= 0.6 is 0 Å². The first-order chi connectivity index (χ1) is 8.56. The van der Waals surface area contributed by atoms with E-state index in [-0.39, 0.29) is 24.8 Å². The Morgan fingerprint density at radius 1 is 1.39 bits per heavy atom. The monoisotopic (exact) mass is 251 g/mol. The maximum Gasteiger partial charge on any atom is 0.303 e. The van der Waals surface area contributed by atoms with Gasteiger partial charge in [-0.1, -0.05) is 0 Å². The van der Waals surface area contributed by atoms with Crippen molar-refractivity contribution in [2.45, 2.75) is 45.2 Å². The lowest BCUT2D eigenvalue weighted by molar-refractivity contribution is -0.141. The summed E-state index contributed by atoms with van der Waals surface area (Å²) < 4.78 is 5.46. The van der Waals surface area contributed by atoms with Crippen molar-refractivity contribution in [3.8, 4) is 0 Å². The summed E-state index contributed by atoms with van der Waals surface area (Å²) in [6.07, 6.45) is 1.95. The van der Waals surface area contributed by atoms with Gasteiger partial charge in [-0.05, 0) is 31.9 Å². The Morgan fingerprint density at radius 2 is 2.11 bits per heavy atom. The molecule has 2 rings (SSSR count). The first kappa shape index (κ1) is 12.7. The number of hydrogen-bond donors (Lipinski definition) is 1. The third kappa shape index (κ3) is 3.35. The molecule has 1 saturated carbocycles. The quantitative estimate of drug-likeness (QED) is 0.838. The summed E-state index contributed by atoms with van der Waals surface area (Å²) in [5, 5.41) is 8.60. The second kappa shape index (κ2) is 5.25. The molecule has 5 heteroatoms. The molecule has 1 aliphatic carbocycles. The van der Waals surface area contributed by atoms with Crippen LogP contribution in [0.2, 0.25) is 0 Å². The van der Waals surface area contributed by atoms with Gasteiger partial charge in [0.05, 0.1) is 13.0 Å². The largest absolute Gasteiger partial charge is 0.481 e. The molecule has 0 spiro atoms. The van der Waals surface area contributed by atoms with E-state index in [2.05, 4.69) is 0 Å². The number of amides is 1. The van der Waals surface area contributed by atoms with Crippen molar-refractivity contribution in [3.05, 3.63) is 23.7 Å². The fourth-order valence-electron chi connectivity index (χ4n) is 1.90. The first-order valence-corrected chi connectivity index (χ1v) is 6.13. The summed E-state index contributed by atoms with van der Waals surface area (Å²) in [6.45, 7) is 2.30. The highest BCUT2D eigenvalue weighted by atomic mass is 16.4. The van der Waals surface area contributed by atoms with Gasteiger partial charge in [-0.15, -0.1) is 0 Å². The van der Waals surface area contributed by atoms with Gasteiger partial charge in [-0.25, -0.2) is 0 Å². The fourth-order valence-corrected chi connectivity index (χ4v) is 1.90. The summed E-state index contributed by atoms with van der Waals surface area (Å²) in [6, 6.07) is 3.98. The molecule has 0 saturated heterocycles. The van der Waals surface area contributed by atoms with Crippen LogP contribution in [-0.2, 0) is 16.1 Å². The smallest absolute Gasteiger partial charge is 0.303 e. The topological polar surface area (TPSA) is 70.8 Å². The Morgan fingerprint density at radius 3 is 2.61 bits per heavy atom. The van der Waals surface area contributed by atoms with Gasteiger partial charge in [0, 0.05) is 12.5 Å². The number of aliphatic carboxylic acids is 1. The highest BCUT2D eigenvalue weighted by Gasteiger charge is 2.32. The lowest BCUT2D eigenvalue weighted by Crippen LogP contribution is -2.32. The molecule has 0 unspecified atom stereocenters. The molecular weight excluding hydrogens is 234 g/mol. The number of carboxylic acid groups (broad SMARTS) is 1. The van der Waals surface area contributed by atoms with Crippen LogP contribution in [0, 0.1) is 6.92 Å². The second-order valence-electron chi connectivity index (χ2n) is 4.66. The van der Waals surface area contributed by atoms with E-state index in [0.717, 1.165) is 24.4 Å². The summed E-state index contributed by atoms with van der Waals surface area (Å²) in [7, 11) is 0. The molecule has 98 valence electrons. The standard InChI is InChI=1S/C13H17NO4/c1-9-2-5-11(18-9)8-14(10-3-4-10)12(15)6-7-13(16)17/h2,5,10H,3-4,6-8H2,1H3,(H,16,17). The zero-order chi connectivity index (χ0) is 13.1. The molecule has 1 aliphatic rings. The maximum absolute atomic E-state index is 12.0. The molecule has 0 atom stereocenters. The molecule has 1 aromatic rings. The average Bonchev–Trinajstić information content (AvgIpc) is 3.07. The average molecular weight is 251 g/mol. The molecule has 0 radical (unpaired) electrons. The summed E-state index contributed by atoms with van der Waals surface area (Å²) in [5.41, 5.74) is 0. The zero-order valence-electron chi connectivity index (χ0n) is 10.4. The summed E-state index contributed by atoms with van der Waals surface area (Å²) in [4.78, 5) is 24.2. The van der Waals surface area contributed by atoms with Crippen LogP contribution in [0.5, 0.6) is 0 Å². The molecule has 5 nitrogen and oxygen atoms in total. The third-order valence-corrected chi connectivity index (χ3v) is 2.98. The molecule has 1 aromatic heterocycles. The lowest BCUT2D eigenvalue weighted by atomic mass is 10.2. The highest BCUT2D eigenvalue weighted by molar-refractivity contribution is 5.81. The summed E-state index contributed by atoms with van der Waals surface area (Å²) >= 11 is 0. The minimum absolute atomic E-state index is 0.0610. The van der Waals surface area contributed by atoms with Crippen molar-refractivity contribution in [1.82, 2.24) is 4.90 Å². The molecule has 1 N–H and O–H groups in total. The Hall–Kier alpha value is -1.78. The molecule has 0 aromatic carbocycles. The van der Waals surface area contributed by atoms with Crippen molar-refractivity contribution in [2.24, 2.45) is 0 Å². The number of carboxylic acids is 1. The predicted molar refractivity (Wildman–Crippen MR) is 63.9 cm³/mol. The van der Waals surface area contributed by atoms with Crippen LogP contribution in [0.3, 0.4) is 0 Å². The number of rotatable bonds is 6. The highest BCUT2D eigenvalue weighted by Crippen LogP contribution is 2.29. The normalized spacial score (nSPS) is 14.5. The lowest BCUT2D eigenvalue weighted by Gasteiger charge is -2.20. The minimum Gasteiger partial charge on any atom is -0.481 e. The summed E-state index contributed by atoms with van der Waals surface area (Å²) in [5.74, 6) is 0.531. The predicted octanol–water partition coefficient (Wildman–Crippen LogP) is 1.94. The van der Waals surface area contributed by atoms with E-state index in [4.69, 9.17) is 9.52 Å². The van der Waals surface area contributed by atoms with Crippen LogP contribution in [0.15, 0.2) is 16.5 Å². The minimum atomic E-state index is -0.937. The number of carbonyl (C=O) groups excluding carboxylic acids is 1. The molecule has 18 heavy (non-hydrogen) atoms. The van der Waals surface area contributed by atoms with Crippen LogP contribution in [0.4, 0.5) is 0 Å². The van der Waals surface area contributed by atoms with Crippen LogP contribution in [-0.4, -0.2) is 27.9 Å². The number of aryl methyl sites for hydroxylation is 1. The Bertz CT molecular complexity index is 448. The van der Waals surface area contributed by atoms with E-state index in [1.54, 1.807) is 4.90 Å². The van der Waals surface area contributed by atoms with E-state index in [0.29, 0.717) is 6.54 Å². The molecule has 1 heterocycles. The fraction of sp³-hybridized carbons (Fsp3) is 0.538. The van der Waals surface area contributed by atoms with Crippen LogP contribution < -0.4 is 0 Å². The molecule has 1 amide bonds. The van der Waals surface area contributed by atoms with Crippen molar-refractivity contribution >= 4 is 11.9 Å². The Balaban J connectivity index is 1.95. The SMILES string of the molecule is Cc1ccc(CN(C(=O)CCC(=O)O)C2CC2)o1. The van der Waals surface area contributed by atoms with Gasteiger partial charge in [0.15, 0.2) is 0 Å². The zero-order valence-corrected chi connectivity index (χ0v) is 10.4. The van der Waals surface area contributed by atoms with Gasteiger partial charge < -0.3 is 14.4 Å². The van der Waals surface area contributed by atoms with E-state index in [1.165, 1.54) is 0 Å². The maximum atomic E-state index is 12.0. The number of nitrogens with zero attached hydrogens (tertiary/aromatic N) is 1. The van der Waals surface area contributed by atoms with Gasteiger partial charge in [0.1, 0.15) is 11.5 Å². The van der Waals surface area contributed by atoms with Gasteiger partial charge in [-0.3, -0.25) is 9.59 Å². The van der Waals surface area contributed by atoms with Crippen molar-refractivity contribution in [3.63, 3.8) is 0 Å². The van der Waals surface area contributed by atoms with Gasteiger partial charge in [0.2, 0.25) is 5.91 Å². The van der Waals surface area contributed by atoms with E-state index in [9.17, 15) is 9.59 Å². The second-order valence-corrected chi connectivity index (χ2v) is 4.66. The van der Waals surface area contributed by atoms with Gasteiger partial charge in [0.25, 0.3) is 0 Å². The number of carbonyl (C=O) groups is 2. The van der Waals surface area contributed by atoms with E-state index >= 15 is 0 Å². The van der Waals surface area contributed by atoms with Crippen molar-refractivity contribution in [1.29, 1.82) is 0 Å². The van der Waals surface area contributed by atoms with Gasteiger partial charge >= 0.3 is 5.97 Å².